The number of hydrogen-bond donors (Lipinski definition) is 1. The van der Waals surface area contributed by atoms with Crippen LogP contribution in [0.15, 0.2) is 88.7 Å². The van der Waals surface area contributed by atoms with E-state index in [4.69, 9.17) is 0 Å². The van der Waals surface area contributed by atoms with E-state index in [-0.39, 0.29) is 12.4 Å². The van der Waals surface area contributed by atoms with Crippen LogP contribution >= 0.6 is 24.2 Å². The molecule has 0 aromatic heterocycles. The average molecular weight is 636 g/mol. The molecule has 3 aromatic carbocycles. The maximum atomic E-state index is 11.5. The van der Waals surface area contributed by atoms with Crippen LogP contribution < -0.4 is 4.90 Å². The van der Waals surface area contributed by atoms with Crippen molar-refractivity contribution in [1.29, 1.82) is 0 Å². The standard InChI is InChI=1S/C19H24N2S.C19H29NO.ClH/c1-4-20(5-2)15(3)14-21-16-10-6-8-12-18(16)22-19-13-9-7-11-17(19)21;21-19(17-9-3-1-4-10-17,18-11-5-2-6-12-18)13-16-20-14-7-8-15-20;/h6-13,15H,4-5,14H2,1-3H3;1,3-4,9-10,18,21H,2,5-8,11-16H2;1H. The summed E-state index contributed by atoms with van der Waals surface area (Å²) in [5.74, 6) is 0.441. The van der Waals surface area contributed by atoms with Crippen molar-refractivity contribution >= 4 is 35.5 Å². The Hall–Kier alpha value is -2.02. The van der Waals surface area contributed by atoms with Crippen molar-refractivity contribution in [3.63, 3.8) is 0 Å². The smallest absolute Gasteiger partial charge is 0.0936 e. The predicted molar refractivity (Wildman–Crippen MR) is 191 cm³/mol. The third-order valence-corrected chi connectivity index (χ3v) is 11.1. The normalized spacial score (nSPS) is 18.8. The van der Waals surface area contributed by atoms with Gasteiger partial charge in [-0.1, -0.05) is 99.5 Å². The van der Waals surface area contributed by atoms with E-state index in [0.717, 1.165) is 38.2 Å². The van der Waals surface area contributed by atoms with Crippen LogP contribution in [0.3, 0.4) is 0 Å². The molecule has 6 rings (SSSR count). The molecule has 44 heavy (non-hydrogen) atoms. The van der Waals surface area contributed by atoms with Gasteiger partial charge in [-0.25, -0.2) is 0 Å². The molecular formula is C38H54ClN3OS. The summed E-state index contributed by atoms with van der Waals surface area (Å²) in [5.41, 5.74) is 3.19. The summed E-state index contributed by atoms with van der Waals surface area (Å²) >= 11 is 1.88. The Kier molecular flexibility index (Phi) is 13.5. The largest absolute Gasteiger partial charge is 0.385 e. The molecular weight excluding hydrogens is 582 g/mol. The first kappa shape index (κ1) is 34.8. The lowest BCUT2D eigenvalue weighted by Gasteiger charge is -2.40. The van der Waals surface area contributed by atoms with Crippen molar-refractivity contribution in [2.24, 2.45) is 5.92 Å². The van der Waals surface area contributed by atoms with Crippen LogP contribution in [0.1, 0.15) is 77.7 Å². The minimum atomic E-state index is -0.621. The van der Waals surface area contributed by atoms with Crippen molar-refractivity contribution in [2.75, 3.05) is 44.2 Å². The summed E-state index contributed by atoms with van der Waals surface area (Å²) in [7, 11) is 0. The fourth-order valence-electron chi connectivity index (χ4n) is 7.43. The molecule has 0 bridgehead atoms. The van der Waals surface area contributed by atoms with E-state index in [1.54, 1.807) is 0 Å². The number of fused-ring (bicyclic) bond motifs is 2. The fourth-order valence-corrected chi connectivity index (χ4v) is 8.53. The van der Waals surface area contributed by atoms with Gasteiger partial charge in [0.25, 0.3) is 0 Å². The maximum absolute atomic E-state index is 11.5. The summed E-state index contributed by atoms with van der Waals surface area (Å²) in [6.45, 7) is 13.5. The van der Waals surface area contributed by atoms with E-state index in [1.165, 1.54) is 79.2 Å². The second-order valence-electron chi connectivity index (χ2n) is 12.6. The lowest BCUT2D eigenvalue weighted by Crippen LogP contribution is -2.41. The summed E-state index contributed by atoms with van der Waals surface area (Å²) in [6, 6.07) is 28.4. The number of para-hydroxylation sites is 2. The van der Waals surface area contributed by atoms with E-state index in [1.807, 2.05) is 17.8 Å². The van der Waals surface area contributed by atoms with Gasteiger partial charge < -0.3 is 14.9 Å². The van der Waals surface area contributed by atoms with Crippen molar-refractivity contribution in [2.45, 2.75) is 93.6 Å². The number of likely N-dealkylation sites (tertiary alicyclic amines) is 1. The number of halogens is 1. The zero-order chi connectivity index (χ0) is 30.1. The molecule has 2 unspecified atom stereocenters. The average Bonchev–Trinajstić information content (AvgIpc) is 3.59. The molecule has 0 spiro atoms. The highest BCUT2D eigenvalue weighted by Crippen LogP contribution is 2.48. The molecule has 1 saturated heterocycles. The van der Waals surface area contributed by atoms with Gasteiger partial charge in [-0.05, 0) is 101 Å². The number of rotatable bonds is 10. The molecule has 4 nitrogen and oxygen atoms in total. The highest BCUT2D eigenvalue weighted by molar-refractivity contribution is 7.99. The molecule has 240 valence electrons. The Morgan fingerprint density at radius 2 is 1.34 bits per heavy atom. The van der Waals surface area contributed by atoms with Crippen LogP contribution in [0.5, 0.6) is 0 Å². The van der Waals surface area contributed by atoms with Crippen LogP contribution in [0.2, 0.25) is 0 Å². The Labute approximate surface area is 277 Å². The number of anilines is 2. The highest BCUT2D eigenvalue weighted by Gasteiger charge is 2.39. The molecule has 0 amide bonds. The van der Waals surface area contributed by atoms with Gasteiger partial charge in [0.1, 0.15) is 0 Å². The van der Waals surface area contributed by atoms with Gasteiger partial charge in [0, 0.05) is 28.9 Å². The third kappa shape index (κ3) is 8.41. The molecule has 0 radical (unpaired) electrons. The van der Waals surface area contributed by atoms with Gasteiger partial charge in [0.05, 0.1) is 17.0 Å². The van der Waals surface area contributed by atoms with E-state index in [9.17, 15) is 5.11 Å². The second kappa shape index (κ2) is 17.1. The van der Waals surface area contributed by atoms with E-state index in [0.29, 0.717) is 12.0 Å². The lowest BCUT2D eigenvalue weighted by molar-refractivity contribution is -0.0510. The molecule has 2 atom stereocenters. The molecule has 2 aliphatic heterocycles. The summed E-state index contributed by atoms with van der Waals surface area (Å²) in [4.78, 5) is 10.2. The number of hydrogen-bond acceptors (Lipinski definition) is 5. The summed E-state index contributed by atoms with van der Waals surface area (Å²) in [5, 5.41) is 11.5. The molecule has 2 fully saturated rings. The Morgan fingerprint density at radius 1 is 0.795 bits per heavy atom. The first-order valence-corrected chi connectivity index (χ1v) is 17.7. The number of likely N-dealkylation sites (N-methyl/N-ethyl adjacent to an activating group) is 1. The SMILES string of the molecule is CCN(CC)C(C)CN1c2ccccc2Sc2ccccc21.Cl.OC(CCN1CCCC1)(c1ccccc1)C1CCCCC1. The molecule has 1 N–H and O–H groups in total. The predicted octanol–water partition coefficient (Wildman–Crippen LogP) is 9.38. The quantitative estimate of drug-likeness (QED) is 0.240. The van der Waals surface area contributed by atoms with Crippen molar-refractivity contribution in [3.05, 3.63) is 84.4 Å². The van der Waals surface area contributed by atoms with Gasteiger partial charge in [-0.15, -0.1) is 12.4 Å². The zero-order valence-electron chi connectivity index (χ0n) is 27.2. The van der Waals surface area contributed by atoms with Crippen LogP contribution in [-0.4, -0.2) is 60.2 Å². The molecule has 3 aliphatic rings. The van der Waals surface area contributed by atoms with Crippen LogP contribution in [0.25, 0.3) is 0 Å². The minimum absolute atomic E-state index is 0. The van der Waals surface area contributed by atoms with E-state index in [2.05, 4.69) is 108 Å². The van der Waals surface area contributed by atoms with Gasteiger partial charge in [-0.3, -0.25) is 4.90 Å². The molecule has 1 saturated carbocycles. The highest BCUT2D eigenvalue weighted by atomic mass is 35.5. The third-order valence-electron chi connectivity index (χ3n) is 9.98. The van der Waals surface area contributed by atoms with E-state index < -0.39 is 5.60 Å². The summed E-state index contributed by atoms with van der Waals surface area (Å²) < 4.78 is 0. The van der Waals surface area contributed by atoms with Crippen molar-refractivity contribution in [1.82, 2.24) is 9.80 Å². The van der Waals surface area contributed by atoms with Gasteiger partial charge in [0.2, 0.25) is 0 Å². The lowest BCUT2D eigenvalue weighted by atomic mass is 9.71. The monoisotopic (exact) mass is 635 g/mol. The maximum Gasteiger partial charge on any atom is 0.0936 e. The fraction of sp³-hybridized carbons (Fsp3) is 0.526. The van der Waals surface area contributed by atoms with Gasteiger partial charge >= 0.3 is 0 Å². The number of aliphatic hydroxyl groups is 1. The van der Waals surface area contributed by atoms with Crippen molar-refractivity contribution in [3.8, 4) is 0 Å². The number of nitrogens with zero attached hydrogens (tertiary/aromatic N) is 3. The molecule has 2 heterocycles. The van der Waals surface area contributed by atoms with Crippen molar-refractivity contribution < 1.29 is 5.11 Å². The van der Waals surface area contributed by atoms with E-state index >= 15 is 0 Å². The summed E-state index contributed by atoms with van der Waals surface area (Å²) in [6.07, 6.45) is 9.82. The van der Waals surface area contributed by atoms with Gasteiger partial charge in [0.15, 0.2) is 0 Å². The zero-order valence-corrected chi connectivity index (χ0v) is 28.8. The minimum Gasteiger partial charge on any atom is -0.385 e. The molecule has 3 aromatic rings. The Morgan fingerprint density at radius 3 is 1.91 bits per heavy atom. The van der Waals surface area contributed by atoms with Crippen LogP contribution in [-0.2, 0) is 5.60 Å². The first-order chi connectivity index (χ1) is 21.0. The Balaban J connectivity index is 0.000000197. The first-order valence-electron chi connectivity index (χ1n) is 16.9. The topological polar surface area (TPSA) is 30.0 Å². The molecule has 1 aliphatic carbocycles. The van der Waals surface area contributed by atoms with Crippen LogP contribution in [0, 0.1) is 5.92 Å². The van der Waals surface area contributed by atoms with Crippen LogP contribution in [0.4, 0.5) is 11.4 Å². The van der Waals surface area contributed by atoms with Gasteiger partial charge in [-0.2, -0.15) is 0 Å². The number of benzene rings is 3. The Bertz CT molecular complexity index is 1210. The molecule has 6 heteroatoms. The second-order valence-corrected chi connectivity index (χ2v) is 13.7.